The molecule has 0 N–H and O–H groups in total. The number of hydrogen-bond donors (Lipinski definition) is 0. The van der Waals surface area contributed by atoms with E-state index in [-0.39, 0.29) is 10.8 Å². The van der Waals surface area contributed by atoms with Gasteiger partial charge in [-0.1, -0.05) is 37.3 Å². The van der Waals surface area contributed by atoms with Gasteiger partial charge in [-0.3, -0.25) is 4.79 Å². The molecule has 3 heterocycles. The molecule has 2 aromatic rings. The Bertz CT molecular complexity index is 1090. The van der Waals surface area contributed by atoms with Crippen molar-refractivity contribution in [1.29, 1.82) is 0 Å². The number of nitrogens with zero attached hydrogens (tertiary/aromatic N) is 3. The van der Waals surface area contributed by atoms with Gasteiger partial charge in [-0.05, 0) is 63.4 Å². The maximum atomic E-state index is 13.8. The van der Waals surface area contributed by atoms with Crippen LogP contribution in [0.2, 0.25) is 0 Å². The quantitative estimate of drug-likeness (QED) is 0.658. The first-order valence-electron chi connectivity index (χ1n) is 12.2. The number of likely N-dealkylation sites (tertiary alicyclic amines) is 1. The molecule has 180 valence electrons. The molecule has 0 bridgehead atoms. The van der Waals surface area contributed by atoms with Crippen molar-refractivity contribution in [2.24, 2.45) is 18.9 Å². The number of piperidine rings is 2. The second-order valence-corrected chi connectivity index (χ2v) is 11.8. The predicted molar refractivity (Wildman–Crippen MR) is 131 cm³/mol. The summed E-state index contributed by atoms with van der Waals surface area (Å²) >= 11 is 0. The van der Waals surface area contributed by atoms with Crippen molar-refractivity contribution >= 4 is 15.9 Å². The van der Waals surface area contributed by atoms with E-state index in [0.717, 1.165) is 37.8 Å². The van der Waals surface area contributed by atoms with Gasteiger partial charge < -0.3 is 9.47 Å². The first-order valence-corrected chi connectivity index (χ1v) is 13.6. The summed E-state index contributed by atoms with van der Waals surface area (Å²) in [6.07, 6.45) is 4.59. The summed E-state index contributed by atoms with van der Waals surface area (Å²) in [5.41, 5.74) is 3.05. The van der Waals surface area contributed by atoms with E-state index in [9.17, 15) is 13.2 Å². The molecule has 4 rings (SSSR count). The van der Waals surface area contributed by atoms with E-state index in [1.807, 2.05) is 36.4 Å². The van der Waals surface area contributed by atoms with Crippen molar-refractivity contribution in [3.8, 4) is 0 Å². The van der Waals surface area contributed by atoms with E-state index in [0.29, 0.717) is 49.3 Å². The predicted octanol–water partition coefficient (Wildman–Crippen LogP) is 4.16. The molecule has 2 aliphatic heterocycles. The maximum absolute atomic E-state index is 13.8. The van der Waals surface area contributed by atoms with Crippen LogP contribution in [0.25, 0.3) is 0 Å². The van der Waals surface area contributed by atoms with Crippen molar-refractivity contribution in [2.45, 2.75) is 57.8 Å². The Kier molecular flexibility index (Phi) is 7.01. The minimum absolute atomic E-state index is 0.138. The lowest BCUT2D eigenvalue weighted by atomic mass is 9.91. The number of carbonyl (C=O) groups is 1. The number of hydrogen-bond acceptors (Lipinski definition) is 3. The average molecular weight is 472 g/mol. The largest absolute Gasteiger partial charge is 0.350 e. The van der Waals surface area contributed by atoms with E-state index < -0.39 is 10.0 Å². The number of sulfonamides is 1. The smallest absolute Gasteiger partial charge is 0.257 e. The fourth-order valence-electron chi connectivity index (χ4n) is 5.28. The highest BCUT2D eigenvalue weighted by atomic mass is 32.2. The number of benzene rings is 1. The molecule has 0 unspecified atom stereocenters. The van der Waals surface area contributed by atoms with Crippen LogP contribution in [0, 0.1) is 25.7 Å². The summed E-state index contributed by atoms with van der Waals surface area (Å²) < 4.78 is 31.1. The van der Waals surface area contributed by atoms with Gasteiger partial charge in [-0.25, -0.2) is 8.42 Å². The van der Waals surface area contributed by atoms with Crippen LogP contribution >= 0.6 is 0 Å². The van der Waals surface area contributed by atoms with Crippen LogP contribution in [0.5, 0.6) is 0 Å². The molecule has 2 saturated heterocycles. The lowest BCUT2D eigenvalue weighted by molar-refractivity contribution is 0.0692. The van der Waals surface area contributed by atoms with Gasteiger partial charge in [-0.15, -0.1) is 0 Å². The van der Waals surface area contributed by atoms with Crippen LogP contribution in [0.4, 0.5) is 0 Å². The minimum Gasteiger partial charge on any atom is -0.350 e. The zero-order valence-corrected chi connectivity index (χ0v) is 21.2. The van der Waals surface area contributed by atoms with Crippen molar-refractivity contribution in [2.75, 3.05) is 26.2 Å². The molecule has 0 radical (unpaired) electrons. The highest BCUT2D eigenvalue weighted by Gasteiger charge is 2.38. The van der Waals surface area contributed by atoms with E-state index in [1.165, 1.54) is 5.56 Å². The fraction of sp³-hybridized carbons (Fsp3) is 0.577. The van der Waals surface area contributed by atoms with Gasteiger partial charge in [0.2, 0.25) is 10.0 Å². The molecular weight excluding hydrogens is 434 g/mol. The highest BCUT2D eigenvalue weighted by molar-refractivity contribution is 7.89. The molecular formula is C26H37N3O3S. The van der Waals surface area contributed by atoms with Crippen molar-refractivity contribution in [3.05, 3.63) is 52.8 Å². The second kappa shape index (κ2) is 9.63. The molecule has 1 amide bonds. The zero-order chi connectivity index (χ0) is 23.8. The molecule has 0 aliphatic carbocycles. The number of rotatable bonds is 5. The summed E-state index contributed by atoms with van der Waals surface area (Å²) in [6, 6.07) is 10.4. The van der Waals surface area contributed by atoms with Gasteiger partial charge >= 0.3 is 0 Å². The number of amides is 1. The van der Waals surface area contributed by atoms with Crippen LogP contribution in [0.1, 0.15) is 59.9 Å². The number of aromatic nitrogens is 1. The Balaban J connectivity index is 1.55. The molecule has 1 aromatic carbocycles. The van der Waals surface area contributed by atoms with Gasteiger partial charge in [0.1, 0.15) is 4.90 Å². The van der Waals surface area contributed by atoms with E-state index in [1.54, 1.807) is 4.31 Å². The van der Waals surface area contributed by atoms with Crippen LogP contribution in [0.3, 0.4) is 0 Å². The molecule has 1 aromatic heterocycles. The van der Waals surface area contributed by atoms with Crippen LogP contribution in [-0.2, 0) is 23.5 Å². The lowest BCUT2D eigenvalue weighted by Gasteiger charge is -2.33. The molecule has 33 heavy (non-hydrogen) atoms. The van der Waals surface area contributed by atoms with Gasteiger partial charge in [0, 0.05) is 44.6 Å². The van der Waals surface area contributed by atoms with Gasteiger partial charge in [0.25, 0.3) is 5.91 Å². The Morgan fingerprint density at radius 2 is 1.55 bits per heavy atom. The lowest BCUT2D eigenvalue weighted by Crippen LogP contribution is -2.41. The Labute approximate surface area is 198 Å². The number of carbonyl (C=O) groups excluding carboxylic acids is 1. The van der Waals surface area contributed by atoms with Crippen molar-refractivity contribution < 1.29 is 13.2 Å². The van der Waals surface area contributed by atoms with Gasteiger partial charge in [0.15, 0.2) is 0 Å². The Hall–Kier alpha value is -2.12. The molecule has 2 aliphatic rings. The summed E-state index contributed by atoms with van der Waals surface area (Å²) in [4.78, 5) is 15.6. The fourth-order valence-corrected chi connectivity index (χ4v) is 7.24. The molecule has 0 atom stereocenters. The molecule has 2 fully saturated rings. The SMILES string of the molecule is Cc1c(C(=O)N2CCC(C)CC2)c(S(=O)(=O)N2CCC(Cc3ccccc3)CC2)c(C)n1C. The minimum atomic E-state index is -3.75. The zero-order valence-electron chi connectivity index (χ0n) is 20.4. The Morgan fingerprint density at radius 1 is 0.939 bits per heavy atom. The monoisotopic (exact) mass is 471 g/mol. The van der Waals surface area contributed by atoms with E-state index >= 15 is 0 Å². The third-order valence-electron chi connectivity index (χ3n) is 7.75. The van der Waals surface area contributed by atoms with Crippen molar-refractivity contribution in [1.82, 2.24) is 13.8 Å². The van der Waals surface area contributed by atoms with Crippen molar-refractivity contribution in [3.63, 3.8) is 0 Å². The van der Waals surface area contributed by atoms with Gasteiger partial charge in [0.05, 0.1) is 5.56 Å². The summed E-state index contributed by atoms with van der Waals surface area (Å²) in [6.45, 7) is 8.27. The highest BCUT2D eigenvalue weighted by Crippen LogP contribution is 2.33. The first-order chi connectivity index (χ1) is 15.7. The maximum Gasteiger partial charge on any atom is 0.257 e. The summed E-state index contributed by atoms with van der Waals surface area (Å²) in [5.74, 6) is 0.947. The topological polar surface area (TPSA) is 62.6 Å². The molecule has 0 spiro atoms. The second-order valence-electron chi connectivity index (χ2n) is 9.95. The van der Waals surface area contributed by atoms with Crippen LogP contribution < -0.4 is 0 Å². The molecule has 6 nitrogen and oxygen atoms in total. The van der Waals surface area contributed by atoms with E-state index in [4.69, 9.17) is 0 Å². The van der Waals surface area contributed by atoms with Crippen LogP contribution in [-0.4, -0.2) is 54.3 Å². The van der Waals surface area contributed by atoms with Crippen LogP contribution in [0.15, 0.2) is 35.2 Å². The van der Waals surface area contributed by atoms with E-state index in [2.05, 4.69) is 31.2 Å². The third-order valence-corrected chi connectivity index (χ3v) is 9.81. The standard InChI is InChI=1S/C26H37N3O3S/c1-19-10-14-28(15-11-19)26(30)24-20(2)27(4)21(3)25(24)33(31,32)29-16-12-23(13-17-29)18-22-8-6-5-7-9-22/h5-9,19,23H,10-18H2,1-4H3. The average Bonchev–Trinajstić information content (AvgIpc) is 3.04. The third kappa shape index (κ3) is 4.76. The molecule has 0 saturated carbocycles. The normalized spacial score (nSPS) is 19.2. The van der Waals surface area contributed by atoms with Gasteiger partial charge in [-0.2, -0.15) is 4.31 Å². The summed E-state index contributed by atoms with van der Waals surface area (Å²) in [7, 11) is -1.90. The summed E-state index contributed by atoms with van der Waals surface area (Å²) in [5, 5.41) is 0. The first kappa shape index (κ1) is 24.0. The molecule has 7 heteroatoms. The Morgan fingerprint density at radius 3 is 2.15 bits per heavy atom.